The second-order valence-electron chi connectivity index (χ2n) is 6.39. The van der Waals surface area contributed by atoms with E-state index in [9.17, 15) is 0 Å². The Morgan fingerprint density at radius 2 is 2.00 bits per heavy atom. The summed E-state index contributed by atoms with van der Waals surface area (Å²) in [6.45, 7) is 11.1. The summed E-state index contributed by atoms with van der Waals surface area (Å²) in [6.07, 6.45) is 4.53. The molecule has 0 amide bonds. The maximum absolute atomic E-state index is 4.18. The highest BCUT2D eigenvalue weighted by Gasteiger charge is 2.15. The van der Waals surface area contributed by atoms with Crippen LogP contribution in [0, 0.1) is 5.92 Å². The first-order valence-corrected chi connectivity index (χ1v) is 8.57. The van der Waals surface area contributed by atoms with Crippen LogP contribution >= 0.6 is 24.0 Å². The molecular formula is C19H31IN4. The Bertz CT molecular complexity index is 513. The largest absolute Gasteiger partial charge is 0.353 e. The molecule has 1 aromatic rings. The van der Waals surface area contributed by atoms with Crippen LogP contribution in [0.2, 0.25) is 0 Å². The van der Waals surface area contributed by atoms with E-state index >= 15 is 0 Å². The van der Waals surface area contributed by atoms with Crippen LogP contribution < -0.4 is 10.6 Å². The molecule has 1 saturated heterocycles. The summed E-state index contributed by atoms with van der Waals surface area (Å²) in [5.74, 6) is 1.64. The molecule has 24 heavy (non-hydrogen) atoms. The van der Waals surface area contributed by atoms with Gasteiger partial charge in [-0.15, -0.1) is 30.6 Å². The minimum atomic E-state index is 0. The van der Waals surface area contributed by atoms with E-state index in [4.69, 9.17) is 0 Å². The number of benzene rings is 1. The van der Waals surface area contributed by atoms with Gasteiger partial charge in [0.05, 0.1) is 0 Å². The molecular weight excluding hydrogens is 411 g/mol. The Kier molecular flexibility index (Phi) is 10.0. The molecule has 1 heterocycles. The van der Waals surface area contributed by atoms with Crippen molar-refractivity contribution in [1.82, 2.24) is 15.5 Å². The SMILES string of the molecule is C=CCNC(=NC)NCc1ccc(CN2CCCC(C)C2)cc1.I. The molecule has 2 N–H and O–H groups in total. The predicted molar refractivity (Wildman–Crippen MR) is 114 cm³/mol. The molecule has 0 aromatic heterocycles. The summed E-state index contributed by atoms with van der Waals surface area (Å²) in [5, 5.41) is 6.48. The monoisotopic (exact) mass is 442 g/mol. The molecule has 1 aliphatic rings. The standard InChI is InChI=1S/C19H30N4.HI/c1-4-11-21-19(20-3)22-13-17-7-9-18(10-8-17)15-23-12-5-6-16(2)14-23;/h4,7-10,16H,1,5-6,11-15H2,2-3H3,(H2,20,21,22);1H. The first-order chi connectivity index (χ1) is 11.2. The van der Waals surface area contributed by atoms with Gasteiger partial charge in [-0.3, -0.25) is 9.89 Å². The molecule has 1 fully saturated rings. The lowest BCUT2D eigenvalue weighted by Gasteiger charge is -2.30. The normalized spacial score (nSPS) is 18.6. The summed E-state index contributed by atoms with van der Waals surface area (Å²) >= 11 is 0. The van der Waals surface area contributed by atoms with Gasteiger partial charge in [-0.05, 0) is 36.4 Å². The van der Waals surface area contributed by atoms with Crippen LogP contribution in [-0.2, 0) is 13.1 Å². The maximum atomic E-state index is 4.18. The molecule has 1 aromatic carbocycles. The second kappa shape index (κ2) is 11.5. The quantitative estimate of drug-likeness (QED) is 0.307. The summed E-state index contributed by atoms with van der Waals surface area (Å²) < 4.78 is 0. The smallest absolute Gasteiger partial charge is 0.191 e. The first-order valence-electron chi connectivity index (χ1n) is 8.57. The average Bonchev–Trinajstić information content (AvgIpc) is 2.56. The lowest BCUT2D eigenvalue weighted by atomic mass is 9.99. The lowest BCUT2D eigenvalue weighted by molar-refractivity contribution is 0.176. The zero-order valence-corrected chi connectivity index (χ0v) is 17.3. The van der Waals surface area contributed by atoms with Crippen LogP contribution in [0.1, 0.15) is 30.9 Å². The van der Waals surface area contributed by atoms with Crippen LogP contribution in [0.5, 0.6) is 0 Å². The maximum Gasteiger partial charge on any atom is 0.191 e. The number of rotatable bonds is 6. The number of halogens is 1. The first kappa shape index (κ1) is 21.0. The number of hydrogen-bond acceptors (Lipinski definition) is 2. The number of nitrogens with one attached hydrogen (secondary N) is 2. The molecule has 2 rings (SSSR count). The van der Waals surface area contributed by atoms with Gasteiger partial charge in [0.2, 0.25) is 0 Å². The van der Waals surface area contributed by atoms with Crippen LogP contribution in [0.25, 0.3) is 0 Å². The third-order valence-corrected chi connectivity index (χ3v) is 4.27. The van der Waals surface area contributed by atoms with E-state index in [1.807, 2.05) is 6.08 Å². The van der Waals surface area contributed by atoms with Gasteiger partial charge >= 0.3 is 0 Å². The van der Waals surface area contributed by atoms with Crippen molar-refractivity contribution in [3.63, 3.8) is 0 Å². The number of piperidine rings is 1. The highest BCUT2D eigenvalue weighted by atomic mass is 127. The van der Waals surface area contributed by atoms with Crippen LogP contribution in [0.3, 0.4) is 0 Å². The molecule has 4 nitrogen and oxygen atoms in total. The van der Waals surface area contributed by atoms with Crippen molar-refractivity contribution in [3.05, 3.63) is 48.0 Å². The molecule has 0 saturated carbocycles. The van der Waals surface area contributed by atoms with E-state index in [2.05, 4.69) is 58.3 Å². The second-order valence-corrected chi connectivity index (χ2v) is 6.39. The highest BCUT2D eigenvalue weighted by Crippen LogP contribution is 2.18. The van der Waals surface area contributed by atoms with Crippen molar-refractivity contribution < 1.29 is 0 Å². The van der Waals surface area contributed by atoms with Crippen molar-refractivity contribution in [2.45, 2.75) is 32.9 Å². The van der Waals surface area contributed by atoms with Gasteiger partial charge in [0.15, 0.2) is 5.96 Å². The van der Waals surface area contributed by atoms with Gasteiger partial charge in [-0.25, -0.2) is 0 Å². The lowest BCUT2D eigenvalue weighted by Crippen LogP contribution is -2.36. The molecule has 134 valence electrons. The van der Waals surface area contributed by atoms with E-state index in [1.54, 1.807) is 7.05 Å². The molecule has 5 heteroatoms. The van der Waals surface area contributed by atoms with Gasteiger partial charge in [0.1, 0.15) is 0 Å². The number of nitrogens with zero attached hydrogens (tertiary/aromatic N) is 2. The predicted octanol–water partition coefficient (Wildman–Crippen LogP) is 3.39. The summed E-state index contributed by atoms with van der Waals surface area (Å²) in [5.41, 5.74) is 2.67. The fraction of sp³-hybridized carbons (Fsp3) is 0.526. The summed E-state index contributed by atoms with van der Waals surface area (Å²) in [4.78, 5) is 6.75. The zero-order valence-electron chi connectivity index (χ0n) is 14.9. The van der Waals surface area contributed by atoms with Gasteiger partial charge in [-0.1, -0.05) is 37.3 Å². The van der Waals surface area contributed by atoms with E-state index in [0.717, 1.165) is 25.0 Å². The molecule has 0 spiro atoms. The molecule has 0 bridgehead atoms. The number of likely N-dealkylation sites (tertiary alicyclic amines) is 1. The third-order valence-electron chi connectivity index (χ3n) is 4.27. The van der Waals surface area contributed by atoms with Crippen molar-refractivity contribution in [3.8, 4) is 0 Å². The Morgan fingerprint density at radius 1 is 1.29 bits per heavy atom. The van der Waals surface area contributed by atoms with Gasteiger partial charge < -0.3 is 10.6 Å². The fourth-order valence-electron chi connectivity index (χ4n) is 3.03. The van der Waals surface area contributed by atoms with Gasteiger partial charge in [0.25, 0.3) is 0 Å². The zero-order chi connectivity index (χ0) is 16.5. The van der Waals surface area contributed by atoms with Crippen LogP contribution in [0.15, 0.2) is 41.9 Å². The van der Waals surface area contributed by atoms with Gasteiger partial charge in [-0.2, -0.15) is 0 Å². The summed E-state index contributed by atoms with van der Waals surface area (Å²) in [6, 6.07) is 8.90. The number of aliphatic imine (C=N–C) groups is 1. The third kappa shape index (κ3) is 7.21. The minimum Gasteiger partial charge on any atom is -0.353 e. The Labute approximate surface area is 163 Å². The highest BCUT2D eigenvalue weighted by molar-refractivity contribution is 14.0. The Morgan fingerprint density at radius 3 is 2.62 bits per heavy atom. The molecule has 0 radical (unpaired) electrons. The van der Waals surface area contributed by atoms with E-state index in [1.165, 1.54) is 37.1 Å². The minimum absolute atomic E-state index is 0. The summed E-state index contributed by atoms with van der Waals surface area (Å²) in [7, 11) is 1.78. The van der Waals surface area contributed by atoms with Crippen molar-refractivity contribution >= 4 is 29.9 Å². The van der Waals surface area contributed by atoms with E-state index in [0.29, 0.717) is 6.54 Å². The Hall–Kier alpha value is -1.08. The van der Waals surface area contributed by atoms with E-state index < -0.39 is 0 Å². The average molecular weight is 442 g/mol. The van der Waals surface area contributed by atoms with E-state index in [-0.39, 0.29) is 24.0 Å². The van der Waals surface area contributed by atoms with Crippen molar-refractivity contribution in [2.24, 2.45) is 10.9 Å². The topological polar surface area (TPSA) is 39.7 Å². The Balaban J connectivity index is 0.00000288. The number of hydrogen-bond donors (Lipinski definition) is 2. The molecule has 0 aliphatic carbocycles. The molecule has 1 aliphatic heterocycles. The molecule has 1 unspecified atom stereocenters. The van der Waals surface area contributed by atoms with Crippen LogP contribution in [-0.4, -0.2) is 37.5 Å². The van der Waals surface area contributed by atoms with Crippen molar-refractivity contribution in [2.75, 3.05) is 26.7 Å². The van der Waals surface area contributed by atoms with Crippen molar-refractivity contribution in [1.29, 1.82) is 0 Å². The fourth-order valence-corrected chi connectivity index (χ4v) is 3.03. The number of guanidine groups is 1. The van der Waals surface area contributed by atoms with Gasteiger partial charge in [0, 0.05) is 33.2 Å². The van der Waals surface area contributed by atoms with Crippen LogP contribution in [0.4, 0.5) is 0 Å². The molecule has 1 atom stereocenters.